The van der Waals surface area contributed by atoms with Crippen LogP contribution < -0.4 is 29.8 Å². The number of carboxylic acids is 2. The molecule has 0 saturated carbocycles. The molecule has 0 aliphatic carbocycles. The Morgan fingerprint density at radius 2 is 0.554 bits per heavy atom. The van der Waals surface area contributed by atoms with Gasteiger partial charge >= 0.3 is 57.1 Å². The van der Waals surface area contributed by atoms with Crippen LogP contribution in [0.5, 0.6) is 0 Å². The molecule has 0 N–H and O–H groups in total. The van der Waals surface area contributed by atoms with Crippen LogP contribution in [0.4, 0.5) is 49.1 Å². The molecule has 16 nitrogen and oxygen atoms in total. The zero-order valence-electron chi connectivity index (χ0n) is 38.5. The molecule has 6 aromatic rings. The molecule has 74 heavy (non-hydrogen) atoms. The molecule has 0 unspecified atom stereocenters. The molecule has 0 bridgehead atoms. The largest absolute Gasteiger partial charge is 1.00 e. The summed E-state index contributed by atoms with van der Waals surface area (Å²) in [6, 6.07) is 27.5. The van der Waals surface area contributed by atoms with Crippen molar-refractivity contribution in [2.24, 2.45) is 0 Å². The van der Waals surface area contributed by atoms with Crippen LogP contribution in [-0.4, -0.2) is 107 Å². The van der Waals surface area contributed by atoms with Gasteiger partial charge < -0.3 is 39.4 Å². The van der Waals surface area contributed by atoms with Gasteiger partial charge in [0.25, 0.3) is 23.6 Å². The molecule has 28 heteroatoms. The molecule has 4 amide bonds. The first-order valence-corrected chi connectivity index (χ1v) is 21.7. The zero-order chi connectivity index (χ0) is 54.6. The number of anilines is 4. The van der Waals surface area contributed by atoms with E-state index < -0.39 is 24.3 Å². The predicted molar refractivity (Wildman–Crippen MR) is 256 cm³/mol. The smallest absolute Gasteiger partial charge is 0.542 e. The Morgan fingerprint density at radius 1 is 0.405 bits per heavy atom. The van der Waals surface area contributed by atoms with E-state index in [2.05, 4.69) is 19.9 Å². The number of carbonyl (C=O) groups is 6. The van der Waals surface area contributed by atoms with Crippen LogP contribution in [0.1, 0.15) is 41.4 Å². The van der Waals surface area contributed by atoms with Crippen LogP contribution in [0.2, 0.25) is 0 Å². The maximum atomic E-state index is 12.7. The number of nitrogens with zero attached hydrogens (tertiary/aromatic N) is 8. The standard InChI is InChI=1S/2C20H18N4O2.2C2HF3O2.2CH2Cl2.2Ag/c2*1-23(17-6-10-21-11-7-17)19(25)15-4-3-5-16(14-15)20(26)24(2)18-8-12-22-13-9-18;2*3-2(4,5)1(6)7;2*2-1-3;;/h2*3-14H,1-2H3;2*(H,6,7);2*1H2;;/q;;;;;;2*+1/p-2. The Bertz CT molecular complexity index is 2320. The Balaban J connectivity index is 0. The zero-order valence-corrected chi connectivity index (χ0v) is 44.5. The van der Waals surface area contributed by atoms with Gasteiger partial charge in [0.05, 0.1) is 10.7 Å². The van der Waals surface area contributed by atoms with Crippen LogP contribution in [0, 0.1) is 0 Å². The molecule has 0 spiro atoms. The third-order valence-electron chi connectivity index (χ3n) is 8.59. The number of carboxylic acid groups (broad SMARTS) is 2. The second-order valence-electron chi connectivity index (χ2n) is 13.2. The van der Waals surface area contributed by atoms with Gasteiger partial charge in [0.15, 0.2) is 0 Å². The first kappa shape index (κ1) is 70.2. The summed E-state index contributed by atoms with van der Waals surface area (Å²) < 4.78 is 63.1. The number of aromatic nitrogens is 4. The molecule has 0 aliphatic heterocycles. The molecular weight excluding hydrogens is 1260 g/mol. The number of rotatable bonds is 8. The number of carbonyl (C=O) groups excluding carboxylic acids is 6. The van der Waals surface area contributed by atoms with Gasteiger partial charge in [-0.1, -0.05) is 12.1 Å². The van der Waals surface area contributed by atoms with Crippen molar-refractivity contribution in [1.29, 1.82) is 0 Å². The van der Waals surface area contributed by atoms with Crippen molar-refractivity contribution in [3.8, 4) is 0 Å². The number of alkyl halides is 10. The molecule has 0 atom stereocenters. The number of aliphatic carboxylic acids is 2. The number of pyridine rings is 4. The molecule has 0 saturated heterocycles. The van der Waals surface area contributed by atoms with Crippen molar-refractivity contribution in [3.63, 3.8) is 0 Å². The number of hydrogen-bond donors (Lipinski definition) is 0. The van der Waals surface area contributed by atoms with E-state index in [1.807, 2.05) is 0 Å². The minimum absolute atomic E-state index is 0. The number of halogens is 10. The summed E-state index contributed by atoms with van der Waals surface area (Å²) in [5, 5.41) is 18.0. The Kier molecular flexibility index (Phi) is 34.2. The van der Waals surface area contributed by atoms with E-state index in [4.69, 9.17) is 66.2 Å². The third-order valence-corrected chi connectivity index (χ3v) is 8.59. The average molecular weight is 1300 g/mol. The van der Waals surface area contributed by atoms with E-state index >= 15 is 0 Å². The van der Waals surface area contributed by atoms with E-state index in [9.17, 15) is 45.5 Å². The second-order valence-corrected chi connectivity index (χ2v) is 14.8. The molecule has 6 rings (SSSR count). The van der Waals surface area contributed by atoms with Gasteiger partial charge in [-0.25, -0.2) is 0 Å². The van der Waals surface area contributed by atoms with Crippen LogP contribution in [-0.2, 0) is 54.3 Å². The molecule has 0 fully saturated rings. The van der Waals surface area contributed by atoms with E-state index in [1.165, 1.54) is 19.6 Å². The van der Waals surface area contributed by atoms with Crippen LogP contribution in [0.25, 0.3) is 0 Å². The maximum Gasteiger partial charge on any atom is 1.00 e. The summed E-state index contributed by atoms with van der Waals surface area (Å²) in [6.45, 7) is 0. The molecule has 0 radical (unpaired) electrons. The fourth-order valence-electron chi connectivity index (χ4n) is 5.08. The third kappa shape index (κ3) is 24.9. The van der Waals surface area contributed by atoms with Gasteiger partial charge in [0.1, 0.15) is 11.9 Å². The second kappa shape index (κ2) is 36.1. The fourth-order valence-corrected chi connectivity index (χ4v) is 5.08. The van der Waals surface area contributed by atoms with Gasteiger partial charge in [0.2, 0.25) is 0 Å². The maximum absolute atomic E-state index is 12.7. The summed E-state index contributed by atoms with van der Waals surface area (Å²) in [6.07, 6.45) is 2.63. The topological polar surface area (TPSA) is 213 Å². The van der Waals surface area contributed by atoms with Gasteiger partial charge in [0, 0.05) is 123 Å². The average Bonchev–Trinajstić information content (AvgIpc) is 3.38. The monoisotopic (exact) mass is 1300 g/mol. The quantitative estimate of drug-likeness (QED) is 0.0824. The molecular formula is C46H40Ag2Cl4F6N8O8. The van der Waals surface area contributed by atoms with Gasteiger partial charge in [-0.05, 0) is 84.9 Å². The molecule has 4 heterocycles. The summed E-state index contributed by atoms with van der Waals surface area (Å²) in [5.41, 5.74) is 4.70. The van der Waals surface area contributed by atoms with Gasteiger partial charge in [-0.3, -0.25) is 39.1 Å². The Labute approximate surface area is 471 Å². The van der Waals surface area contributed by atoms with E-state index in [1.54, 1.807) is 175 Å². The van der Waals surface area contributed by atoms with E-state index in [-0.39, 0.29) is 79.1 Å². The van der Waals surface area contributed by atoms with Crippen molar-refractivity contribution in [1.82, 2.24) is 19.9 Å². The van der Waals surface area contributed by atoms with Crippen molar-refractivity contribution in [2.45, 2.75) is 12.4 Å². The minimum Gasteiger partial charge on any atom is -0.542 e. The fraction of sp³-hybridized carbons (Fsp3) is 0.174. The van der Waals surface area contributed by atoms with Crippen molar-refractivity contribution < 1.29 is 110 Å². The van der Waals surface area contributed by atoms with Gasteiger partial charge in [-0.2, -0.15) is 26.3 Å². The minimum atomic E-state index is -5.19. The summed E-state index contributed by atoms with van der Waals surface area (Å²) in [7, 11) is 6.76. The molecule has 4 aromatic heterocycles. The normalized spacial score (nSPS) is 9.81. The Morgan fingerprint density at radius 3 is 0.689 bits per heavy atom. The van der Waals surface area contributed by atoms with Gasteiger partial charge in [-0.15, -0.1) is 46.4 Å². The summed E-state index contributed by atoms with van der Waals surface area (Å²) >= 11 is 19.1. The van der Waals surface area contributed by atoms with E-state index in [0.29, 0.717) is 22.3 Å². The number of hydrogen-bond acceptors (Lipinski definition) is 12. The number of benzene rings is 2. The number of amides is 4. The molecule has 0 aliphatic rings. The summed E-state index contributed by atoms with van der Waals surface area (Å²) in [4.78, 5) is 90.4. The summed E-state index contributed by atoms with van der Waals surface area (Å²) in [5.74, 6) is -6.80. The van der Waals surface area contributed by atoms with Crippen LogP contribution >= 0.6 is 46.4 Å². The van der Waals surface area contributed by atoms with Crippen molar-refractivity contribution in [3.05, 3.63) is 169 Å². The first-order valence-electron chi connectivity index (χ1n) is 19.6. The van der Waals surface area contributed by atoms with E-state index in [0.717, 1.165) is 22.7 Å². The van der Waals surface area contributed by atoms with Crippen molar-refractivity contribution in [2.75, 3.05) is 58.5 Å². The van der Waals surface area contributed by atoms with Crippen LogP contribution in [0.3, 0.4) is 0 Å². The molecule has 2 aromatic carbocycles. The van der Waals surface area contributed by atoms with Crippen molar-refractivity contribution >= 4 is 105 Å². The SMILES string of the molecule is CN(C(=O)c1cccc(C(=O)N(C)c2ccncc2)c1)c1ccncc1.CN(C(=O)c1cccc(C(=O)N(C)c2ccncc2)c1)c1ccncc1.ClCCl.ClCCl.O=C([O-])C(F)(F)F.O=C([O-])C(F)(F)F.[Ag+].[Ag+]. The van der Waals surface area contributed by atoms with Crippen LogP contribution in [0.15, 0.2) is 147 Å². The first-order chi connectivity index (χ1) is 33.9. The molecule has 404 valence electrons. The predicted octanol–water partition coefficient (Wildman–Crippen LogP) is 7.49. The Hall–Kier alpha value is -5.92.